The van der Waals surface area contributed by atoms with Gasteiger partial charge in [-0.25, -0.2) is 9.97 Å². The van der Waals surface area contributed by atoms with E-state index in [1.54, 1.807) is 12.4 Å². The maximum atomic E-state index is 5.55. The highest BCUT2D eigenvalue weighted by Crippen LogP contribution is 2.05. The van der Waals surface area contributed by atoms with Crippen molar-refractivity contribution in [3.63, 3.8) is 0 Å². The Labute approximate surface area is 94.3 Å². The van der Waals surface area contributed by atoms with E-state index in [-0.39, 0.29) is 0 Å². The van der Waals surface area contributed by atoms with E-state index in [4.69, 9.17) is 5.73 Å². The molecular formula is C11H15N5. The molecule has 0 aliphatic heterocycles. The van der Waals surface area contributed by atoms with Crippen molar-refractivity contribution in [3.05, 3.63) is 36.5 Å². The molecule has 84 valence electrons. The first kappa shape index (κ1) is 10.5. The van der Waals surface area contributed by atoms with Gasteiger partial charge in [-0.15, -0.1) is 0 Å². The Balaban J connectivity index is 1.84. The minimum absolute atomic E-state index is 0.676. The molecular weight excluding hydrogens is 202 g/mol. The molecule has 2 aromatic heterocycles. The fraction of sp³-hybridized carbons (Fsp3) is 0.273. The van der Waals surface area contributed by atoms with Crippen molar-refractivity contribution in [2.24, 2.45) is 7.05 Å². The van der Waals surface area contributed by atoms with Crippen LogP contribution >= 0.6 is 0 Å². The van der Waals surface area contributed by atoms with Crippen LogP contribution in [0, 0.1) is 0 Å². The standard InChI is InChI=1S/C11H15N5/c1-16-7-6-14-11(16)4-5-13-10-3-2-9(12)8-15-10/h2-3,6-8H,4-5,12H2,1H3,(H,13,15). The summed E-state index contributed by atoms with van der Waals surface area (Å²) in [5, 5.41) is 3.22. The number of pyridine rings is 1. The quantitative estimate of drug-likeness (QED) is 0.803. The van der Waals surface area contributed by atoms with Gasteiger partial charge in [-0.2, -0.15) is 0 Å². The average molecular weight is 217 g/mol. The molecule has 5 nitrogen and oxygen atoms in total. The summed E-state index contributed by atoms with van der Waals surface area (Å²) in [6.45, 7) is 0.807. The van der Waals surface area contributed by atoms with E-state index >= 15 is 0 Å². The number of hydrogen-bond donors (Lipinski definition) is 2. The molecule has 2 aromatic rings. The smallest absolute Gasteiger partial charge is 0.126 e. The summed E-state index contributed by atoms with van der Waals surface area (Å²) in [4.78, 5) is 8.40. The van der Waals surface area contributed by atoms with Crippen molar-refractivity contribution in [2.75, 3.05) is 17.6 Å². The number of aromatic nitrogens is 3. The number of hydrogen-bond acceptors (Lipinski definition) is 4. The number of nitrogens with one attached hydrogen (secondary N) is 1. The number of aryl methyl sites for hydroxylation is 1. The lowest BCUT2D eigenvalue weighted by molar-refractivity contribution is 0.788. The van der Waals surface area contributed by atoms with Gasteiger partial charge >= 0.3 is 0 Å². The maximum Gasteiger partial charge on any atom is 0.126 e. The van der Waals surface area contributed by atoms with Crippen LogP contribution in [0.1, 0.15) is 5.82 Å². The Bertz CT molecular complexity index is 446. The van der Waals surface area contributed by atoms with Gasteiger partial charge in [0.25, 0.3) is 0 Å². The molecule has 0 spiro atoms. The summed E-state index contributed by atoms with van der Waals surface area (Å²) in [6.07, 6.45) is 6.26. The Morgan fingerprint density at radius 3 is 2.88 bits per heavy atom. The second-order valence-electron chi connectivity index (χ2n) is 3.61. The van der Waals surface area contributed by atoms with Crippen LogP contribution < -0.4 is 11.1 Å². The molecule has 5 heteroatoms. The highest BCUT2D eigenvalue weighted by atomic mass is 15.0. The van der Waals surface area contributed by atoms with E-state index in [1.807, 2.05) is 29.9 Å². The van der Waals surface area contributed by atoms with Gasteiger partial charge in [0, 0.05) is 32.4 Å². The number of anilines is 2. The number of nitrogens with two attached hydrogens (primary N) is 1. The second kappa shape index (κ2) is 4.65. The number of nitrogens with zero attached hydrogens (tertiary/aromatic N) is 3. The lowest BCUT2D eigenvalue weighted by Crippen LogP contribution is -2.09. The van der Waals surface area contributed by atoms with Gasteiger partial charge in [0.15, 0.2) is 0 Å². The van der Waals surface area contributed by atoms with Crippen molar-refractivity contribution in [3.8, 4) is 0 Å². The lowest BCUT2D eigenvalue weighted by Gasteiger charge is -2.05. The summed E-state index contributed by atoms with van der Waals surface area (Å²) in [5.74, 6) is 1.89. The normalized spacial score (nSPS) is 10.3. The van der Waals surface area contributed by atoms with Gasteiger partial charge in [-0.1, -0.05) is 0 Å². The molecule has 0 bridgehead atoms. The third kappa shape index (κ3) is 2.50. The zero-order valence-electron chi connectivity index (χ0n) is 9.22. The largest absolute Gasteiger partial charge is 0.397 e. The average Bonchev–Trinajstić information content (AvgIpc) is 2.68. The third-order valence-corrected chi connectivity index (χ3v) is 2.36. The van der Waals surface area contributed by atoms with Crippen molar-refractivity contribution in [1.29, 1.82) is 0 Å². The molecule has 0 radical (unpaired) electrons. The van der Waals surface area contributed by atoms with Crippen LogP contribution in [-0.4, -0.2) is 21.1 Å². The van der Waals surface area contributed by atoms with E-state index in [9.17, 15) is 0 Å². The Hall–Kier alpha value is -2.04. The number of rotatable bonds is 4. The minimum Gasteiger partial charge on any atom is -0.397 e. The summed E-state index contributed by atoms with van der Waals surface area (Å²) in [7, 11) is 1.99. The van der Waals surface area contributed by atoms with Gasteiger partial charge in [-0.05, 0) is 12.1 Å². The Kier molecular flexibility index (Phi) is 3.05. The summed E-state index contributed by atoms with van der Waals surface area (Å²) in [5.41, 5.74) is 6.22. The van der Waals surface area contributed by atoms with Crippen LogP contribution in [0.25, 0.3) is 0 Å². The predicted octanol–water partition coefficient (Wildman–Crippen LogP) is 1.05. The topological polar surface area (TPSA) is 68.8 Å². The highest BCUT2D eigenvalue weighted by Gasteiger charge is 1.98. The third-order valence-electron chi connectivity index (χ3n) is 2.36. The van der Waals surface area contributed by atoms with E-state index in [0.717, 1.165) is 24.6 Å². The van der Waals surface area contributed by atoms with Crippen LogP contribution in [0.5, 0.6) is 0 Å². The molecule has 0 aliphatic rings. The molecule has 0 unspecified atom stereocenters. The van der Waals surface area contributed by atoms with E-state index in [2.05, 4.69) is 15.3 Å². The lowest BCUT2D eigenvalue weighted by atomic mass is 10.3. The molecule has 0 aromatic carbocycles. The van der Waals surface area contributed by atoms with Gasteiger partial charge in [0.05, 0.1) is 11.9 Å². The molecule has 0 atom stereocenters. The van der Waals surface area contributed by atoms with E-state index in [1.165, 1.54) is 0 Å². The Morgan fingerprint density at radius 2 is 2.25 bits per heavy atom. The minimum atomic E-state index is 0.676. The molecule has 0 saturated carbocycles. The first-order chi connectivity index (χ1) is 7.75. The fourth-order valence-electron chi connectivity index (χ4n) is 1.45. The van der Waals surface area contributed by atoms with Gasteiger partial charge in [0.2, 0.25) is 0 Å². The van der Waals surface area contributed by atoms with Crippen molar-refractivity contribution in [1.82, 2.24) is 14.5 Å². The number of nitrogen functional groups attached to an aromatic ring is 1. The van der Waals surface area contributed by atoms with Crippen LogP contribution in [-0.2, 0) is 13.5 Å². The fourth-order valence-corrected chi connectivity index (χ4v) is 1.45. The predicted molar refractivity (Wildman–Crippen MR) is 64.1 cm³/mol. The molecule has 3 N–H and O–H groups in total. The first-order valence-electron chi connectivity index (χ1n) is 5.17. The molecule has 0 amide bonds. The van der Waals surface area contributed by atoms with Gasteiger partial charge < -0.3 is 15.6 Å². The van der Waals surface area contributed by atoms with Crippen LogP contribution in [0.3, 0.4) is 0 Å². The van der Waals surface area contributed by atoms with Crippen molar-refractivity contribution in [2.45, 2.75) is 6.42 Å². The van der Waals surface area contributed by atoms with E-state index < -0.39 is 0 Å². The van der Waals surface area contributed by atoms with E-state index in [0.29, 0.717) is 5.69 Å². The number of imidazole rings is 1. The van der Waals surface area contributed by atoms with Crippen molar-refractivity contribution < 1.29 is 0 Å². The monoisotopic (exact) mass is 217 g/mol. The zero-order chi connectivity index (χ0) is 11.4. The maximum absolute atomic E-state index is 5.55. The molecule has 16 heavy (non-hydrogen) atoms. The van der Waals surface area contributed by atoms with Crippen molar-refractivity contribution >= 4 is 11.5 Å². The summed E-state index contributed by atoms with van der Waals surface area (Å²) < 4.78 is 2.01. The van der Waals surface area contributed by atoms with Gasteiger partial charge in [0.1, 0.15) is 11.6 Å². The molecule has 0 fully saturated rings. The SMILES string of the molecule is Cn1ccnc1CCNc1ccc(N)cn1. The van der Waals surface area contributed by atoms with Crippen LogP contribution in [0.4, 0.5) is 11.5 Å². The Morgan fingerprint density at radius 1 is 1.38 bits per heavy atom. The van der Waals surface area contributed by atoms with Gasteiger partial charge in [-0.3, -0.25) is 0 Å². The van der Waals surface area contributed by atoms with Crippen LogP contribution in [0.2, 0.25) is 0 Å². The summed E-state index contributed by atoms with van der Waals surface area (Å²) >= 11 is 0. The molecule has 2 rings (SSSR count). The molecule has 2 heterocycles. The first-order valence-corrected chi connectivity index (χ1v) is 5.17. The second-order valence-corrected chi connectivity index (χ2v) is 3.61. The zero-order valence-corrected chi connectivity index (χ0v) is 9.22. The van der Waals surface area contributed by atoms with Crippen LogP contribution in [0.15, 0.2) is 30.7 Å². The highest BCUT2D eigenvalue weighted by molar-refractivity contribution is 5.43. The molecule has 0 aliphatic carbocycles. The molecule has 0 saturated heterocycles. The summed E-state index contributed by atoms with van der Waals surface area (Å²) in [6, 6.07) is 3.70.